The number of amides is 1. The highest BCUT2D eigenvalue weighted by Gasteiger charge is 2.30. The van der Waals surface area contributed by atoms with Crippen LogP contribution in [0.3, 0.4) is 0 Å². The van der Waals surface area contributed by atoms with Crippen molar-refractivity contribution in [2.45, 2.75) is 17.3 Å². The van der Waals surface area contributed by atoms with Crippen LogP contribution in [-0.4, -0.2) is 23.8 Å². The van der Waals surface area contributed by atoms with E-state index in [9.17, 15) is 18.0 Å². The fourth-order valence-corrected chi connectivity index (χ4v) is 3.30. The zero-order valence-electron chi connectivity index (χ0n) is 12.2. The molecular weight excluding hydrogens is 349 g/mol. The highest BCUT2D eigenvalue weighted by Crippen LogP contribution is 2.31. The summed E-state index contributed by atoms with van der Waals surface area (Å²) in [6.07, 6.45) is -2.48. The zero-order chi connectivity index (χ0) is 17.0. The third-order valence-electron chi connectivity index (χ3n) is 2.74. The Morgan fingerprint density at radius 2 is 2.00 bits per heavy atom. The number of benzene rings is 1. The van der Waals surface area contributed by atoms with E-state index < -0.39 is 17.6 Å². The molecule has 0 fully saturated rings. The summed E-state index contributed by atoms with van der Waals surface area (Å²) in [5, 5.41) is 3.06. The minimum Gasteiger partial charge on any atom is -0.484 e. The van der Waals surface area contributed by atoms with Gasteiger partial charge in [0.25, 0.3) is 5.91 Å². The number of carbonyl (C=O) groups excluding carboxylic acids is 1. The predicted molar refractivity (Wildman–Crippen MR) is 84.2 cm³/mol. The number of rotatable bonds is 5. The highest BCUT2D eigenvalue weighted by molar-refractivity contribution is 8.00. The molecule has 0 aliphatic carbocycles. The van der Waals surface area contributed by atoms with E-state index in [1.807, 2.05) is 13.2 Å². The standard InChI is InChI=1S/C14H13F3N2O2S2/c1-8-12(22-2)23-13(18-8)19-11(20)7-21-10-5-3-9(4-6-10)14(15,16)17/h3-6H,7H2,1-2H3,(H,18,19,20). The fraction of sp³-hybridized carbons (Fsp3) is 0.286. The second-order valence-corrected chi connectivity index (χ2v) is 6.53. The molecular formula is C14H13F3N2O2S2. The number of halogens is 3. The number of aromatic nitrogens is 1. The van der Waals surface area contributed by atoms with E-state index in [1.165, 1.54) is 35.2 Å². The van der Waals surface area contributed by atoms with E-state index in [4.69, 9.17) is 4.74 Å². The minimum absolute atomic E-state index is 0.188. The SMILES string of the molecule is CSc1sc(NC(=O)COc2ccc(C(F)(F)F)cc2)nc1C. The van der Waals surface area contributed by atoms with Gasteiger partial charge in [-0.25, -0.2) is 4.98 Å². The molecule has 0 unspecified atom stereocenters. The molecule has 4 nitrogen and oxygen atoms in total. The maximum atomic E-state index is 12.4. The predicted octanol–water partition coefficient (Wildman–Crippen LogP) is 4.21. The molecule has 2 aromatic rings. The van der Waals surface area contributed by atoms with Gasteiger partial charge < -0.3 is 4.74 Å². The van der Waals surface area contributed by atoms with Gasteiger partial charge in [-0.05, 0) is 37.4 Å². The summed E-state index contributed by atoms with van der Waals surface area (Å²) < 4.78 is 43.4. The molecule has 1 heterocycles. The summed E-state index contributed by atoms with van der Waals surface area (Å²) in [6.45, 7) is 1.54. The number of hydrogen-bond acceptors (Lipinski definition) is 5. The topological polar surface area (TPSA) is 51.2 Å². The lowest BCUT2D eigenvalue weighted by Crippen LogP contribution is -2.20. The first-order valence-electron chi connectivity index (χ1n) is 6.41. The summed E-state index contributed by atoms with van der Waals surface area (Å²) in [5.74, 6) is -0.237. The molecule has 1 amide bonds. The van der Waals surface area contributed by atoms with Gasteiger partial charge in [0.1, 0.15) is 5.75 Å². The third-order valence-corrected chi connectivity index (χ3v) is 5.02. The molecule has 23 heavy (non-hydrogen) atoms. The van der Waals surface area contributed by atoms with Crippen LogP contribution in [0.15, 0.2) is 28.5 Å². The molecule has 0 aliphatic heterocycles. The first-order valence-corrected chi connectivity index (χ1v) is 8.45. The van der Waals surface area contributed by atoms with Crippen LogP contribution < -0.4 is 10.1 Å². The summed E-state index contributed by atoms with van der Waals surface area (Å²) in [6, 6.07) is 4.16. The second kappa shape index (κ2) is 7.22. The van der Waals surface area contributed by atoms with E-state index in [2.05, 4.69) is 10.3 Å². The van der Waals surface area contributed by atoms with E-state index in [1.54, 1.807) is 0 Å². The van der Waals surface area contributed by atoms with Crippen LogP contribution >= 0.6 is 23.1 Å². The molecule has 0 atom stereocenters. The van der Waals surface area contributed by atoms with Gasteiger partial charge in [0.2, 0.25) is 0 Å². The molecule has 0 aliphatic rings. The van der Waals surface area contributed by atoms with Crippen molar-refractivity contribution in [2.24, 2.45) is 0 Å². The maximum absolute atomic E-state index is 12.4. The van der Waals surface area contributed by atoms with Crippen molar-refractivity contribution < 1.29 is 22.7 Å². The fourth-order valence-electron chi connectivity index (χ4n) is 1.67. The maximum Gasteiger partial charge on any atom is 0.416 e. The zero-order valence-corrected chi connectivity index (χ0v) is 13.9. The second-order valence-electron chi connectivity index (χ2n) is 4.45. The monoisotopic (exact) mass is 362 g/mol. The number of nitrogens with zero attached hydrogens (tertiary/aromatic N) is 1. The average molecular weight is 362 g/mol. The van der Waals surface area contributed by atoms with Crippen molar-refractivity contribution in [1.29, 1.82) is 0 Å². The van der Waals surface area contributed by atoms with Crippen LogP contribution in [0.25, 0.3) is 0 Å². The van der Waals surface area contributed by atoms with Crippen LogP contribution in [0, 0.1) is 6.92 Å². The largest absolute Gasteiger partial charge is 0.484 e. The minimum atomic E-state index is -4.40. The van der Waals surface area contributed by atoms with Gasteiger partial charge >= 0.3 is 6.18 Å². The first kappa shape index (κ1) is 17.6. The van der Waals surface area contributed by atoms with Gasteiger partial charge in [-0.3, -0.25) is 10.1 Å². The summed E-state index contributed by atoms with van der Waals surface area (Å²) in [4.78, 5) is 16.0. The highest BCUT2D eigenvalue weighted by atomic mass is 32.2. The number of carbonyl (C=O) groups is 1. The number of aryl methyl sites for hydroxylation is 1. The van der Waals surface area contributed by atoms with Gasteiger partial charge in [-0.15, -0.1) is 11.8 Å². The number of alkyl halides is 3. The van der Waals surface area contributed by atoms with Crippen molar-refractivity contribution in [2.75, 3.05) is 18.2 Å². The lowest BCUT2D eigenvalue weighted by molar-refractivity contribution is -0.137. The molecule has 0 saturated heterocycles. The molecule has 1 N–H and O–H groups in total. The van der Waals surface area contributed by atoms with Crippen molar-refractivity contribution in [3.63, 3.8) is 0 Å². The Morgan fingerprint density at radius 1 is 1.35 bits per heavy atom. The Labute approximate surface area is 139 Å². The smallest absolute Gasteiger partial charge is 0.416 e. The van der Waals surface area contributed by atoms with Crippen LogP contribution in [0.5, 0.6) is 5.75 Å². The van der Waals surface area contributed by atoms with Crippen molar-refractivity contribution >= 4 is 34.1 Å². The van der Waals surface area contributed by atoms with Crippen LogP contribution in [-0.2, 0) is 11.0 Å². The Bertz CT molecular complexity index is 684. The normalized spacial score (nSPS) is 11.3. The number of thiazole rings is 1. The summed E-state index contributed by atoms with van der Waals surface area (Å²) >= 11 is 2.89. The molecule has 124 valence electrons. The summed E-state index contributed by atoms with van der Waals surface area (Å²) in [7, 11) is 0. The molecule has 0 saturated carbocycles. The number of ether oxygens (including phenoxy) is 1. The number of hydrogen-bond donors (Lipinski definition) is 1. The number of nitrogens with one attached hydrogen (secondary N) is 1. The van der Waals surface area contributed by atoms with E-state index >= 15 is 0 Å². The molecule has 0 bridgehead atoms. The van der Waals surface area contributed by atoms with Crippen LogP contribution in [0.2, 0.25) is 0 Å². The molecule has 0 radical (unpaired) electrons. The van der Waals surface area contributed by atoms with Crippen molar-refractivity contribution in [3.05, 3.63) is 35.5 Å². The van der Waals surface area contributed by atoms with E-state index in [-0.39, 0.29) is 12.4 Å². The van der Waals surface area contributed by atoms with Gasteiger partial charge in [-0.2, -0.15) is 13.2 Å². The van der Waals surface area contributed by atoms with Crippen molar-refractivity contribution in [3.8, 4) is 5.75 Å². The first-order chi connectivity index (χ1) is 10.8. The van der Waals surface area contributed by atoms with E-state index in [0.29, 0.717) is 5.13 Å². The molecule has 0 spiro atoms. The Balaban J connectivity index is 1.88. The molecule has 2 rings (SSSR count). The lowest BCUT2D eigenvalue weighted by Gasteiger charge is -2.08. The number of anilines is 1. The van der Waals surface area contributed by atoms with Gasteiger partial charge in [0.15, 0.2) is 11.7 Å². The number of thioether (sulfide) groups is 1. The Kier molecular flexibility index (Phi) is 5.53. The van der Waals surface area contributed by atoms with Gasteiger partial charge in [-0.1, -0.05) is 11.3 Å². The molecule has 1 aromatic carbocycles. The molecule has 1 aromatic heterocycles. The third kappa shape index (κ3) is 4.87. The van der Waals surface area contributed by atoms with Crippen LogP contribution in [0.4, 0.5) is 18.3 Å². The van der Waals surface area contributed by atoms with Crippen LogP contribution in [0.1, 0.15) is 11.3 Å². The van der Waals surface area contributed by atoms with Crippen molar-refractivity contribution in [1.82, 2.24) is 4.98 Å². The summed E-state index contributed by atoms with van der Waals surface area (Å²) in [5.41, 5.74) is 0.0682. The van der Waals surface area contributed by atoms with Gasteiger partial charge in [0, 0.05) is 0 Å². The molecule has 9 heteroatoms. The quantitative estimate of drug-likeness (QED) is 0.810. The lowest BCUT2D eigenvalue weighted by atomic mass is 10.2. The average Bonchev–Trinajstić information content (AvgIpc) is 2.84. The van der Waals surface area contributed by atoms with E-state index in [0.717, 1.165) is 22.0 Å². The Hall–Kier alpha value is -1.74. The van der Waals surface area contributed by atoms with Gasteiger partial charge in [0.05, 0.1) is 15.5 Å². The Morgan fingerprint density at radius 3 is 2.52 bits per heavy atom.